The fraction of sp³-hybridized carbons (Fsp3) is 0.318. The van der Waals surface area contributed by atoms with Crippen molar-refractivity contribution in [3.8, 4) is 5.75 Å². The Bertz CT molecular complexity index is 1110. The van der Waals surface area contributed by atoms with Crippen molar-refractivity contribution in [2.75, 3.05) is 5.32 Å². The number of imidazole rings is 1. The van der Waals surface area contributed by atoms with Crippen molar-refractivity contribution < 1.29 is 19.8 Å². The van der Waals surface area contributed by atoms with Gasteiger partial charge >= 0.3 is 5.97 Å². The highest BCUT2D eigenvalue weighted by atomic mass is 35.5. The maximum absolute atomic E-state index is 12.5. The summed E-state index contributed by atoms with van der Waals surface area (Å²) in [5, 5.41) is 23.8. The molecule has 8 heteroatoms. The largest absolute Gasteiger partial charge is 0.506 e. The van der Waals surface area contributed by atoms with Gasteiger partial charge in [-0.15, -0.1) is 0 Å². The smallest absolute Gasteiger partial charge is 0.356 e. The van der Waals surface area contributed by atoms with Gasteiger partial charge in [0, 0.05) is 25.3 Å². The van der Waals surface area contributed by atoms with Gasteiger partial charge in [0.15, 0.2) is 11.5 Å². The number of fused-ring (bicyclic) bond motifs is 1. The maximum atomic E-state index is 12.5. The third-order valence-corrected chi connectivity index (χ3v) is 5.44. The number of phenolic OH excluding ortho intramolecular Hbond substituents is 1. The number of aromatic nitrogens is 2. The zero-order valence-electron chi connectivity index (χ0n) is 16.9. The summed E-state index contributed by atoms with van der Waals surface area (Å²) >= 11 is 6.11. The summed E-state index contributed by atoms with van der Waals surface area (Å²) in [4.78, 5) is 28.4. The van der Waals surface area contributed by atoms with Gasteiger partial charge in [0.2, 0.25) is 5.91 Å². The molecule has 0 aliphatic carbocycles. The number of aromatic hydroxyl groups is 1. The average molecular weight is 430 g/mol. The number of unbranched alkanes of at least 4 members (excludes halogenated alkanes) is 1. The summed E-state index contributed by atoms with van der Waals surface area (Å²) in [6.07, 6.45) is 3.16. The van der Waals surface area contributed by atoms with Crippen molar-refractivity contribution in [2.45, 2.75) is 39.0 Å². The molecule has 1 heterocycles. The van der Waals surface area contributed by atoms with E-state index >= 15 is 0 Å². The number of carboxylic acids is 1. The zero-order valence-corrected chi connectivity index (χ0v) is 17.7. The number of halogens is 1. The number of hydrogen-bond acceptors (Lipinski definition) is 4. The first-order chi connectivity index (χ1) is 14.3. The summed E-state index contributed by atoms with van der Waals surface area (Å²) in [6, 6.07) is 8.89. The molecule has 7 nitrogen and oxygen atoms in total. The number of aromatic carboxylic acids is 1. The number of rotatable bonds is 8. The van der Waals surface area contributed by atoms with E-state index in [4.69, 9.17) is 11.6 Å². The molecule has 0 spiro atoms. The van der Waals surface area contributed by atoms with Crippen LogP contribution in [-0.2, 0) is 24.7 Å². The van der Waals surface area contributed by atoms with E-state index in [0.717, 1.165) is 29.2 Å². The molecule has 1 amide bonds. The number of benzene rings is 2. The van der Waals surface area contributed by atoms with Gasteiger partial charge in [-0.05, 0) is 29.9 Å². The van der Waals surface area contributed by atoms with E-state index < -0.39 is 5.97 Å². The summed E-state index contributed by atoms with van der Waals surface area (Å²) in [7, 11) is 1.65. The van der Waals surface area contributed by atoms with Crippen molar-refractivity contribution in [1.82, 2.24) is 9.55 Å². The molecule has 2 aromatic carbocycles. The van der Waals surface area contributed by atoms with Crippen LogP contribution in [0.2, 0.25) is 5.02 Å². The van der Waals surface area contributed by atoms with Crippen LogP contribution in [-0.4, -0.2) is 31.6 Å². The molecule has 30 heavy (non-hydrogen) atoms. The fourth-order valence-corrected chi connectivity index (χ4v) is 3.61. The van der Waals surface area contributed by atoms with Gasteiger partial charge in [-0.1, -0.05) is 49.2 Å². The van der Waals surface area contributed by atoms with Crippen LogP contribution in [0.5, 0.6) is 5.75 Å². The molecule has 0 aliphatic heterocycles. The van der Waals surface area contributed by atoms with Crippen LogP contribution in [0.4, 0.5) is 5.82 Å². The van der Waals surface area contributed by atoms with Crippen LogP contribution in [0.1, 0.15) is 48.1 Å². The minimum atomic E-state index is -1.13. The second-order valence-corrected chi connectivity index (χ2v) is 7.57. The van der Waals surface area contributed by atoms with Gasteiger partial charge in [0.25, 0.3) is 0 Å². The number of phenols is 1. The van der Waals surface area contributed by atoms with Gasteiger partial charge in [-0.2, -0.15) is 0 Å². The summed E-state index contributed by atoms with van der Waals surface area (Å²) < 4.78 is 1.52. The molecule has 0 saturated heterocycles. The Morgan fingerprint density at radius 3 is 2.67 bits per heavy atom. The third kappa shape index (κ3) is 4.57. The molecule has 0 saturated carbocycles. The minimum absolute atomic E-state index is 0.0189. The van der Waals surface area contributed by atoms with Crippen LogP contribution >= 0.6 is 11.6 Å². The predicted octanol–water partition coefficient (Wildman–Crippen LogP) is 4.54. The monoisotopic (exact) mass is 429 g/mol. The number of carbonyl (C=O) groups is 2. The van der Waals surface area contributed by atoms with Gasteiger partial charge in [0.1, 0.15) is 11.6 Å². The van der Waals surface area contributed by atoms with E-state index in [-0.39, 0.29) is 29.6 Å². The van der Waals surface area contributed by atoms with Crippen molar-refractivity contribution in [1.29, 1.82) is 0 Å². The highest BCUT2D eigenvalue weighted by Gasteiger charge is 2.21. The van der Waals surface area contributed by atoms with E-state index in [1.807, 2.05) is 25.1 Å². The molecule has 0 bridgehead atoms. The lowest BCUT2D eigenvalue weighted by Gasteiger charge is -2.07. The predicted molar refractivity (Wildman–Crippen MR) is 116 cm³/mol. The molecule has 0 aliphatic rings. The Morgan fingerprint density at radius 1 is 1.20 bits per heavy atom. The SMILES string of the molecule is CCCCc1nc(NC(=O)CCc2ccc3c(Cl)c(O)ccc3c2)c(C(=O)O)n1C. The lowest BCUT2D eigenvalue weighted by atomic mass is 10.0. The van der Waals surface area contributed by atoms with E-state index in [1.54, 1.807) is 13.1 Å². The Morgan fingerprint density at radius 2 is 1.97 bits per heavy atom. The number of anilines is 1. The topological polar surface area (TPSA) is 104 Å². The van der Waals surface area contributed by atoms with Crippen LogP contribution < -0.4 is 5.32 Å². The van der Waals surface area contributed by atoms with Crippen molar-refractivity contribution in [3.05, 3.63) is 52.4 Å². The van der Waals surface area contributed by atoms with Gasteiger partial charge in [-0.3, -0.25) is 4.79 Å². The molecule has 0 atom stereocenters. The standard InChI is InChI=1S/C22H24ClN3O4/c1-3-4-5-17-24-21(20(22(29)30)26(17)2)25-18(28)11-7-13-6-9-15-14(12-13)8-10-16(27)19(15)23/h6,8-10,12,27H,3-5,7,11H2,1-2H3,(H,25,28)(H,29,30). The van der Waals surface area contributed by atoms with E-state index in [9.17, 15) is 19.8 Å². The second-order valence-electron chi connectivity index (χ2n) is 7.20. The molecule has 1 aromatic heterocycles. The molecular weight excluding hydrogens is 406 g/mol. The zero-order chi connectivity index (χ0) is 21.8. The van der Waals surface area contributed by atoms with E-state index in [1.165, 1.54) is 10.6 Å². The first-order valence-corrected chi connectivity index (χ1v) is 10.2. The highest BCUT2D eigenvalue weighted by molar-refractivity contribution is 6.37. The normalized spacial score (nSPS) is 11.0. The highest BCUT2D eigenvalue weighted by Crippen LogP contribution is 2.32. The van der Waals surface area contributed by atoms with E-state index in [0.29, 0.717) is 23.7 Å². The fourth-order valence-electron chi connectivity index (χ4n) is 3.37. The maximum Gasteiger partial charge on any atom is 0.356 e. The van der Waals surface area contributed by atoms with Crippen LogP contribution in [0.25, 0.3) is 10.8 Å². The Balaban J connectivity index is 1.71. The number of hydrogen-bond donors (Lipinski definition) is 3. The van der Waals surface area contributed by atoms with Crippen molar-refractivity contribution >= 4 is 40.1 Å². The quantitative estimate of drug-likeness (QED) is 0.487. The van der Waals surface area contributed by atoms with E-state index in [2.05, 4.69) is 10.3 Å². The van der Waals surface area contributed by atoms with Crippen LogP contribution in [0.15, 0.2) is 30.3 Å². The van der Waals surface area contributed by atoms with Crippen molar-refractivity contribution in [2.24, 2.45) is 7.05 Å². The Hall–Kier alpha value is -3.06. The Kier molecular flexibility index (Phi) is 6.62. The molecular formula is C22H24ClN3O4. The molecule has 3 rings (SSSR count). The summed E-state index contributed by atoms with van der Waals surface area (Å²) in [5.74, 6) is -0.681. The second kappa shape index (κ2) is 9.17. The number of carboxylic acid groups (broad SMARTS) is 1. The molecule has 3 N–H and O–H groups in total. The average Bonchev–Trinajstić information content (AvgIpc) is 3.02. The number of nitrogens with one attached hydrogen (secondary N) is 1. The van der Waals surface area contributed by atoms with Crippen LogP contribution in [0, 0.1) is 0 Å². The molecule has 158 valence electrons. The molecule has 3 aromatic rings. The number of aryl methyl sites for hydroxylation is 2. The third-order valence-electron chi connectivity index (χ3n) is 5.04. The van der Waals surface area contributed by atoms with Gasteiger partial charge in [-0.25, -0.2) is 9.78 Å². The lowest BCUT2D eigenvalue weighted by molar-refractivity contribution is -0.116. The van der Waals surface area contributed by atoms with Crippen molar-refractivity contribution in [3.63, 3.8) is 0 Å². The first kappa shape index (κ1) is 21.6. The van der Waals surface area contributed by atoms with Gasteiger partial charge in [0.05, 0.1) is 5.02 Å². The number of nitrogens with zero attached hydrogens (tertiary/aromatic N) is 2. The van der Waals surface area contributed by atoms with Gasteiger partial charge < -0.3 is 20.1 Å². The minimum Gasteiger partial charge on any atom is -0.506 e. The summed E-state index contributed by atoms with van der Waals surface area (Å²) in [5.41, 5.74) is 0.914. The Labute approximate surface area is 179 Å². The number of carbonyl (C=O) groups excluding carboxylic acids is 1. The molecule has 0 fully saturated rings. The summed E-state index contributed by atoms with van der Waals surface area (Å²) in [6.45, 7) is 2.05. The molecule has 0 unspecified atom stereocenters. The lowest BCUT2D eigenvalue weighted by Crippen LogP contribution is -2.16. The molecule has 0 radical (unpaired) electrons. The van der Waals surface area contributed by atoms with Crippen LogP contribution in [0.3, 0.4) is 0 Å². The first-order valence-electron chi connectivity index (χ1n) is 9.80. The number of amides is 1.